The lowest BCUT2D eigenvalue weighted by molar-refractivity contribution is -0.384. The molecule has 1 aliphatic heterocycles. The zero-order chi connectivity index (χ0) is 37.5. The van der Waals surface area contributed by atoms with E-state index in [1.165, 1.54) is 30.5 Å². The van der Waals surface area contributed by atoms with Gasteiger partial charge in [0.1, 0.15) is 11.4 Å². The molecule has 1 aliphatic rings. The number of aromatic nitrogens is 1. The van der Waals surface area contributed by atoms with Crippen LogP contribution in [0.2, 0.25) is 0 Å². The van der Waals surface area contributed by atoms with Gasteiger partial charge in [0.2, 0.25) is 0 Å². The number of nitrogens with zero attached hydrogens (tertiary/aromatic N) is 4. The van der Waals surface area contributed by atoms with Gasteiger partial charge in [0.05, 0.1) is 16.0 Å². The normalized spacial score (nSPS) is 13.0. The van der Waals surface area contributed by atoms with Crippen molar-refractivity contribution >= 4 is 50.7 Å². The number of aryl methyl sites for hydroxylation is 1. The maximum absolute atomic E-state index is 13.3. The van der Waals surface area contributed by atoms with Crippen molar-refractivity contribution in [1.29, 1.82) is 0 Å². The number of sulfonamides is 1. The summed E-state index contributed by atoms with van der Waals surface area (Å²) >= 11 is 1.58. The number of nitro groups is 1. The van der Waals surface area contributed by atoms with Gasteiger partial charge in [0.25, 0.3) is 27.5 Å². The molecular formula is C38H36N6O7S2. The number of carbonyl (C=O) groups is 2. The lowest BCUT2D eigenvalue weighted by Gasteiger charge is -2.36. The number of benzene rings is 4. The van der Waals surface area contributed by atoms with Gasteiger partial charge in [-0.2, -0.15) is 0 Å². The predicted molar refractivity (Wildman–Crippen MR) is 204 cm³/mol. The minimum Gasteiger partial charge on any atom is -0.506 e. The Bertz CT molecular complexity index is 2250. The van der Waals surface area contributed by atoms with Crippen LogP contribution in [0.25, 0.3) is 11.1 Å². The molecule has 0 radical (unpaired) electrons. The van der Waals surface area contributed by atoms with Crippen LogP contribution < -0.4 is 14.9 Å². The maximum atomic E-state index is 13.3. The minimum absolute atomic E-state index is 0.0660. The third-order valence-electron chi connectivity index (χ3n) is 8.70. The summed E-state index contributed by atoms with van der Waals surface area (Å²) in [5.41, 5.74) is 3.72. The van der Waals surface area contributed by atoms with Crippen LogP contribution in [0.15, 0.2) is 119 Å². The second kappa shape index (κ2) is 16.2. The molecule has 0 saturated carbocycles. The number of hydrogen-bond donors (Lipinski definition) is 3. The van der Waals surface area contributed by atoms with Gasteiger partial charge in [-0.05, 0) is 84.8 Å². The van der Waals surface area contributed by atoms with E-state index in [0.29, 0.717) is 44.0 Å². The molecule has 3 N–H and O–H groups in total. The molecule has 0 atom stereocenters. The monoisotopic (exact) mass is 752 g/mol. The number of piperazine rings is 1. The summed E-state index contributed by atoms with van der Waals surface area (Å²) in [6, 6.07) is 26.7. The van der Waals surface area contributed by atoms with Gasteiger partial charge in [-0.3, -0.25) is 24.7 Å². The molecular weight excluding hydrogens is 717 g/mol. The molecule has 4 aromatic carbocycles. The Morgan fingerprint density at radius 2 is 1.62 bits per heavy atom. The molecule has 1 aromatic heterocycles. The van der Waals surface area contributed by atoms with Gasteiger partial charge in [0, 0.05) is 78.0 Å². The van der Waals surface area contributed by atoms with Gasteiger partial charge in [-0.1, -0.05) is 24.3 Å². The zero-order valence-electron chi connectivity index (χ0n) is 28.6. The lowest BCUT2D eigenvalue weighted by atomic mass is 9.99. The van der Waals surface area contributed by atoms with Gasteiger partial charge in [-0.15, -0.1) is 11.8 Å². The van der Waals surface area contributed by atoms with Crippen molar-refractivity contribution in [3.63, 3.8) is 0 Å². The second-order valence-electron chi connectivity index (χ2n) is 12.2. The van der Waals surface area contributed by atoms with E-state index in [9.17, 15) is 33.2 Å². The third-order valence-corrected chi connectivity index (χ3v) is 11.0. The van der Waals surface area contributed by atoms with Crippen LogP contribution in [0.3, 0.4) is 0 Å². The molecule has 2 amide bonds. The van der Waals surface area contributed by atoms with Crippen molar-refractivity contribution in [3.05, 3.63) is 136 Å². The highest BCUT2D eigenvalue weighted by Crippen LogP contribution is 2.29. The Kier molecular flexibility index (Phi) is 11.2. The molecule has 13 nitrogen and oxygen atoms in total. The largest absolute Gasteiger partial charge is 0.506 e. The van der Waals surface area contributed by atoms with E-state index in [1.54, 1.807) is 47.1 Å². The molecule has 15 heteroatoms. The van der Waals surface area contributed by atoms with Gasteiger partial charge in [0.15, 0.2) is 0 Å². The number of anilines is 2. The van der Waals surface area contributed by atoms with Crippen LogP contribution in [0.1, 0.15) is 26.3 Å². The van der Waals surface area contributed by atoms with Crippen LogP contribution in [0, 0.1) is 17.0 Å². The average molecular weight is 753 g/mol. The Hall–Kier alpha value is -5.93. The fourth-order valence-electron chi connectivity index (χ4n) is 5.96. The number of hydrogen-bond acceptors (Lipinski definition) is 11. The number of nitrogens with one attached hydrogen (secondary N) is 2. The van der Waals surface area contributed by atoms with Crippen molar-refractivity contribution < 1.29 is 28.0 Å². The molecule has 0 unspecified atom stereocenters. The van der Waals surface area contributed by atoms with Crippen LogP contribution in [0.4, 0.5) is 17.1 Å². The molecule has 272 valence electrons. The average Bonchev–Trinajstić information content (AvgIpc) is 3.16. The first-order valence-electron chi connectivity index (χ1n) is 16.6. The summed E-state index contributed by atoms with van der Waals surface area (Å²) in [6.45, 7) is 4.36. The Labute approximate surface area is 310 Å². The zero-order valence-corrected chi connectivity index (χ0v) is 30.3. The minimum atomic E-state index is -4.43. The first-order chi connectivity index (χ1) is 25.5. The van der Waals surface area contributed by atoms with Gasteiger partial charge in [-0.25, -0.2) is 13.1 Å². The Morgan fingerprint density at radius 1 is 0.906 bits per heavy atom. The number of thioether (sulfide) groups is 1. The van der Waals surface area contributed by atoms with Crippen LogP contribution in [-0.2, 0) is 10.0 Å². The topological polar surface area (TPSA) is 175 Å². The van der Waals surface area contributed by atoms with Crippen molar-refractivity contribution in [2.24, 2.45) is 0 Å². The highest BCUT2D eigenvalue weighted by molar-refractivity contribution is 7.99. The fourth-order valence-corrected chi connectivity index (χ4v) is 7.74. The molecule has 1 saturated heterocycles. The SMILES string of the molecule is Cc1cc(C(=O)N2CCN(c3ccc(C(=O)NS(=O)(=O)c4ccc(NCCSc5ccccc5)c([N+](=O)[O-])c4)cc3)CC2)ccc1-c1cncc(O)c1. The molecule has 0 spiro atoms. The highest BCUT2D eigenvalue weighted by Gasteiger charge is 2.25. The second-order valence-corrected chi connectivity index (χ2v) is 15.1. The van der Waals surface area contributed by atoms with Crippen LogP contribution in [0.5, 0.6) is 5.75 Å². The molecule has 6 rings (SSSR count). The van der Waals surface area contributed by atoms with Crippen molar-refractivity contribution in [2.45, 2.75) is 16.7 Å². The first kappa shape index (κ1) is 36.8. The van der Waals surface area contributed by atoms with E-state index >= 15 is 0 Å². The first-order valence-corrected chi connectivity index (χ1v) is 19.1. The molecule has 0 aliphatic carbocycles. The molecule has 0 bridgehead atoms. The van der Waals surface area contributed by atoms with E-state index in [4.69, 9.17) is 0 Å². The molecule has 2 heterocycles. The number of nitro benzene ring substituents is 1. The summed E-state index contributed by atoms with van der Waals surface area (Å²) in [5.74, 6) is -0.271. The smallest absolute Gasteiger partial charge is 0.293 e. The predicted octanol–water partition coefficient (Wildman–Crippen LogP) is 5.96. The van der Waals surface area contributed by atoms with Crippen LogP contribution >= 0.6 is 11.8 Å². The van der Waals surface area contributed by atoms with E-state index in [-0.39, 0.29) is 22.9 Å². The maximum Gasteiger partial charge on any atom is 0.293 e. The molecule has 5 aromatic rings. The van der Waals surface area contributed by atoms with E-state index in [1.807, 2.05) is 54.1 Å². The summed E-state index contributed by atoms with van der Waals surface area (Å²) < 4.78 is 28.2. The third kappa shape index (κ3) is 8.94. The van der Waals surface area contributed by atoms with Crippen LogP contribution in [-0.4, -0.2) is 78.6 Å². The van der Waals surface area contributed by atoms with E-state index < -0.39 is 31.4 Å². The number of amides is 2. The number of pyridine rings is 1. The highest BCUT2D eigenvalue weighted by atomic mass is 32.2. The van der Waals surface area contributed by atoms with Crippen molar-refractivity contribution in [1.82, 2.24) is 14.6 Å². The van der Waals surface area contributed by atoms with Crippen molar-refractivity contribution in [3.8, 4) is 16.9 Å². The number of carbonyl (C=O) groups excluding carboxylic acids is 2. The quantitative estimate of drug-likeness (QED) is 0.0594. The van der Waals surface area contributed by atoms with E-state index in [2.05, 4.69) is 15.2 Å². The van der Waals surface area contributed by atoms with Gasteiger partial charge < -0.3 is 20.2 Å². The van der Waals surface area contributed by atoms with E-state index in [0.717, 1.165) is 33.3 Å². The van der Waals surface area contributed by atoms with Crippen molar-refractivity contribution in [2.75, 3.05) is 48.7 Å². The lowest BCUT2D eigenvalue weighted by Crippen LogP contribution is -2.48. The standard InChI is InChI=1S/C38H36N6O7S2/c1-26-21-28(9-13-34(26)29-22-31(45)25-39-24-29)38(47)43-18-16-42(17-19-43)30-10-7-27(8-11-30)37(46)41-53(50,51)33-12-14-35(36(23-33)44(48)49)40-15-20-52-32-5-3-2-4-6-32/h2-14,21-25,40,45H,15-20H2,1H3,(H,41,46). The molecule has 53 heavy (non-hydrogen) atoms. The summed E-state index contributed by atoms with van der Waals surface area (Å²) in [5, 5.41) is 24.6. The number of aromatic hydroxyl groups is 1. The summed E-state index contributed by atoms with van der Waals surface area (Å²) in [4.78, 5) is 46.0. The molecule has 1 fully saturated rings. The summed E-state index contributed by atoms with van der Waals surface area (Å²) in [7, 11) is -4.43. The Morgan fingerprint density at radius 3 is 2.30 bits per heavy atom. The fraction of sp³-hybridized carbons (Fsp3) is 0.184. The summed E-state index contributed by atoms with van der Waals surface area (Å²) in [6.07, 6.45) is 3.02. The van der Waals surface area contributed by atoms with Gasteiger partial charge >= 0.3 is 0 Å². The number of rotatable bonds is 12. The Balaban J connectivity index is 1.02.